The molecule has 31 heavy (non-hydrogen) atoms. The standard InChI is InChI=1S/C21H23Cl2N3O5/c1-5-16-25-20(31-26-16)17-11(2)24-12(3)19(30-21(27)29-9-8-28-4)18(17)13-6-7-14(22)15(23)10-13/h6-7,10,18,24H,5,8-9H2,1-4H3. The van der Waals surface area contributed by atoms with E-state index in [0.29, 0.717) is 45.2 Å². The number of aryl methyl sites for hydroxylation is 1. The van der Waals surface area contributed by atoms with Crippen molar-refractivity contribution < 1.29 is 23.5 Å². The summed E-state index contributed by atoms with van der Waals surface area (Å²) in [6, 6.07) is 5.21. The molecule has 2 heterocycles. The van der Waals surface area contributed by atoms with Gasteiger partial charge in [0.25, 0.3) is 5.89 Å². The highest BCUT2D eigenvalue weighted by atomic mass is 35.5. The molecule has 0 fully saturated rings. The average molecular weight is 468 g/mol. The van der Waals surface area contributed by atoms with Crippen LogP contribution in [0, 0.1) is 0 Å². The minimum atomic E-state index is -0.850. The van der Waals surface area contributed by atoms with E-state index in [4.69, 9.17) is 41.9 Å². The lowest BCUT2D eigenvalue weighted by Crippen LogP contribution is -2.27. The predicted octanol–water partition coefficient (Wildman–Crippen LogP) is 5.09. The van der Waals surface area contributed by atoms with E-state index in [1.165, 1.54) is 7.11 Å². The highest BCUT2D eigenvalue weighted by Gasteiger charge is 2.36. The number of ether oxygens (including phenoxy) is 3. The van der Waals surface area contributed by atoms with Gasteiger partial charge >= 0.3 is 6.16 Å². The maximum Gasteiger partial charge on any atom is 0.513 e. The van der Waals surface area contributed by atoms with Gasteiger partial charge in [-0.15, -0.1) is 0 Å². The van der Waals surface area contributed by atoms with Gasteiger partial charge in [-0.05, 0) is 31.5 Å². The molecule has 0 aliphatic carbocycles. The molecular weight excluding hydrogens is 445 g/mol. The quantitative estimate of drug-likeness (QED) is 0.444. The van der Waals surface area contributed by atoms with Gasteiger partial charge in [-0.2, -0.15) is 4.98 Å². The molecule has 0 radical (unpaired) electrons. The zero-order valence-electron chi connectivity index (χ0n) is 17.6. The first-order chi connectivity index (χ1) is 14.8. The second-order valence-electron chi connectivity index (χ2n) is 6.82. The molecule has 10 heteroatoms. The summed E-state index contributed by atoms with van der Waals surface area (Å²) >= 11 is 12.4. The van der Waals surface area contributed by atoms with E-state index in [-0.39, 0.29) is 13.2 Å². The van der Waals surface area contributed by atoms with Crippen LogP contribution in [0.15, 0.2) is 39.9 Å². The summed E-state index contributed by atoms with van der Waals surface area (Å²) in [6.07, 6.45) is -0.234. The predicted molar refractivity (Wildman–Crippen MR) is 116 cm³/mol. The number of hydrogen-bond acceptors (Lipinski definition) is 8. The molecule has 1 aromatic heterocycles. The molecule has 166 valence electrons. The largest absolute Gasteiger partial charge is 0.513 e. The number of benzene rings is 1. The second kappa shape index (κ2) is 10.2. The summed E-state index contributed by atoms with van der Waals surface area (Å²) in [5.74, 6) is 0.656. The average Bonchev–Trinajstić information content (AvgIpc) is 3.20. The number of allylic oxidation sites excluding steroid dienone is 3. The number of methoxy groups -OCH3 is 1. The minimum absolute atomic E-state index is 0.0672. The van der Waals surface area contributed by atoms with Crippen molar-refractivity contribution in [3.05, 3.63) is 62.7 Å². The van der Waals surface area contributed by atoms with Crippen LogP contribution in [0.5, 0.6) is 0 Å². The van der Waals surface area contributed by atoms with Crippen molar-refractivity contribution in [3.8, 4) is 0 Å². The molecule has 0 saturated heterocycles. The van der Waals surface area contributed by atoms with Crippen molar-refractivity contribution in [1.29, 1.82) is 0 Å². The van der Waals surface area contributed by atoms with Crippen LogP contribution in [-0.2, 0) is 20.6 Å². The number of carbonyl (C=O) groups excluding carboxylic acids is 1. The van der Waals surface area contributed by atoms with Gasteiger partial charge in [-0.25, -0.2) is 4.79 Å². The maximum atomic E-state index is 12.3. The van der Waals surface area contributed by atoms with Crippen LogP contribution in [0.4, 0.5) is 4.79 Å². The third-order valence-electron chi connectivity index (χ3n) is 4.69. The number of halogens is 2. The number of rotatable bonds is 7. The molecule has 1 aliphatic heterocycles. The van der Waals surface area contributed by atoms with Gasteiger partial charge in [0, 0.05) is 19.2 Å². The van der Waals surface area contributed by atoms with Crippen molar-refractivity contribution in [2.75, 3.05) is 20.3 Å². The van der Waals surface area contributed by atoms with E-state index in [2.05, 4.69) is 15.5 Å². The summed E-state index contributed by atoms with van der Waals surface area (Å²) < 4.78 is 21.1. The van der Waals surface area contributed by atoms with Crippen molar-refractivity contribution >= 4 is 34.9 Å². The van der Waals surface area contributed by atoms with Crippen LogP contribution < -0.4 is 5.32 Å². The number of nitrogens with zero attached hydrogens (tertiary/aromatic N) is 2. The van der Waals surface area contributed by atoms with Crippen molar-refractivity contribution in [1.82, 2.24) is 15.5 Å². The van der Waals surface area contributed by atoms with E-state index < -0.39 is 12.1 Å². The zero-order chi connectivity index (χ0) is 22.5. The first-order valence-electron chi connectivity index (χ1n) is 9.65. The van der Waals surface area contributed by atoms with Gasteiger partial charge in [-0.3, -0.25) is 0 Å². The molecular formula is C21H23Cl2N3O5. The summed E-state index contributed by atoms with van der Waals surface area (Å²) in [6.45, 7) is 5.94. The number of dihydropyridines is 1. The normalized spacial score (nSPS) is 16.4. The third-order valence-corrected chi connectivity index (χ3v) is 5.43. The van der Waals surface area contributed by atoms with Crippen LogP contribution in [0.25, 0.3) is 5.57 Å². The molecule has 0 amide bonds. The monoisotopic (exact) mass is 467 g/mol. The fourth-order valence-corrected chi connectivity index (χ4v) is 3.54. The minimum Gasteiger partial charge on any atom is -0.432 e. The molecule has 8 nitrogen and oxygen atoms in total. The van der Waals surface area contributed by atoms with Gasteiger partial charge in [-0.1, -0.05) is 41.3 Å². The van der Waals surface area contributed by atoms with Gasteiger partial charge in [0.05, 0.1) is 33.8 Å². The van der Waals surface area contributed by atoms with E-state index in [1.54, 1.807) is 19.1 Å². The van der Waals surface area contributed by atoms with Crippen LogP contribution >= 0.6 is 23.2 Å². The van der Waals surface area contributed by atoms with Crippen LogP contribution in [0.3, 0.4) is 0 Å². The topological polar surface area (TPSA) is 95.7 Å². The first kappa shape index (κ1) is 23.1. The van der Waals surface area contributed by atoms with Gasteiger partial charge in [0.1, 0.15) is 12.4 Å². The third kappa shape index (κ3) is 5.20. The molecule has 1 atom stereocenters. The SMILES string of the molecule is CCc1noc(C2=C(C)NC(C)=C(OC(=O)OCCOC)C2c2ccc(Cl)c(Cl)c2)n1. The molecule has 1 aliphatic rings. The Morgan fingerprint density at radius 3 is 2.61 bits per heavy atom. The second-order valence-corrected chi connectivity index (χ2v) is 7.64. The smallest absolute Gasteiger partial charge is 0.432 e. The van der Waals surface area contributed by atoms with Crippen molar-refractivity contribution in [3.63, 3.8) is 0 Å². The Bertz CT molecular complexity index is 1030. The molecule has 0 saturated carbocycles. The number of carbonyl (C=O) groups is 1. The van der Waals surface area contributed by atoms with Crippen LogP contribution in [0.2, 0.25) is 10.0 Å². The molecule has 0 spiro atoms. The Labute approximate surface area is 190 Å². The number of aromatic nitrogens is 2. The lowest BCUT2D eigenvalue weighted by Gasteiger charge is -2.30. The maximum absolute atomic E-state index is 12.3. The van der Waals surface area contributed by atoms with Crippen molar-refractivity contribution in [2.24, 2.45) is 0 Å². The zero-order valence-corrected chi connectivity index (χ0v) is 19.1. The molecule has 3 rings (SSSR count). The summed E-state index contributed by atoms with van der Waals surface area (Å²) in [7, 11) is 1.52. The molecule has 1 N–H and O–H groups in total. The van der Waals surface area contributed by atoms with E-state index in [9.17, 15) is 4.79 Å². The van der Waals surface area contributed by atoms with Gasteiger partial charge in [0.2, 0.25) is 0 Å². The van der Waals surface area contributed by atoms with E-state index in [0.717, 1.165) is 11.3 Å². The Kier molecular flexibility index (Phi) is 7.59. The highest BCUT2D eigenvalue weighted by Crippen LogP contribution is 2.44. The summed E-state index contributed by atoms with van der Waals surface area (Å²) in [5.41, 5.74) is 2.81. The molecule has 1 aromatic carbocycles. The van der Waals surface area contributed by atoms with Crippen molar-refractivity contribution in [2.45, 2.75) is 33.1 Å². The van der Waals surface area contributed by atoms with Gasteiger partial charge in [0.15, 0.2) is 5.82 Å². The van der Waals surface area contributed by atoms with E-state index in [1.807, 2.05) is 19.9 Å². The Morgan fingerprint density at radius 2 is 1.97 bits per heavy atom. The lowest BCUT2D eigenvalue weighted by atomic mass is 9.85. The Morgan fingerprint density at radius 1 is 1.19 bits per heavy atom. The first-order valence-corrected chi connectivity index (χ1v) is 10.4. The number of hydrogen-bond donors (Lipinski definition) is 1. The van der Waals surface area contributed by atoms with Crippen LogP contribution in [-0.4, -0.2) is 36.6 Å². The van der Waals surface area contributed by atoms with Gasteiger partial charge < -0.3 is 24.1 Å². The fraction of sp³-hybridized carbons (Fsp3) is 0.381. The highest BCUT2D eigenvalue weighted by molar-refractivity contribution is 6.42. The Hall–Kier alpha value is -2.55. The number of nitrogens with one attached hydrogen (secondary N) is 1. The van der Waals surface area contributed by atoms with Crippen LogP contribution in [0.1, 0.15) is 44.0 Å². The summed E-state index contributed by atoms with van der Waals surface area (Å²) in [4.78, 5) is 16.8. The molecule has 1 unspecified atom stereocenters. The molecule has 2 aromatic rings. The molecule has 0 bridgehead atoms. The fourth-order valence-electron chi connectivity index (χ4n) is 3.24. The Balaban J connectivity index is 2.06. The lowest BCUT2D eigenvalue weighted by molar-refractivity contribution is 0.0503. The van der Waals surface area contributed by atoms with E-state index >= 15 is 0 Å². The summed E-state index contributed by atoms with van der Waals surface area (Å²) in [5, 5.41) is 8.00.